The molecule has 3 aromatic rings. The maximum Gasteiger partial charge on any atom is 0.136 e. The van der Waals surface area contributed by atoms with Crippen LogP contribution in [0.1, 0.15) is 5.56 Å². The van der Waals surface area contributed by atoms with Crippen LogP contribution in [0.4, 0.5) is 5.69 Å². The van der Waals surface area contributed by atoms with Gasteiger partial charge in [0.1, 0.15) is 17.9 Å². The van der Waals surface area contributed by atoms with Crippen molar-refractivity contribution < 1.29 is 9.15 Å². The summed E-state index contributed by atoms with van der Waals surface area (Å²) in [4.78, 5) is 0. The van der Waals surface area contributed by atoms with Crippen LogP contribution < -0.4 is 10.5 Å². The summed E-state index contributed by atoms with van der Waals surface area (Å²) >= 11 is 0. The number of ether oxygens (including phenoxy) is 1. The molecule has 2 aromatic carbocycles. The molecule has 0 amide bonds. The number of rotatable bonds is 3. The molecule has 0 aliphatic rings. The highest BCUT2D eigenvalue weighted by atomic mass is 16.5. The van der Waals surface area contributed by atoms with E-state index in [1.54, 1.807) is 6.26 Å². The SMILES string of the molecule is Nc1cccc2occ(COc3ccccc3)c12. The number of fused-ring (bicyclic) bond motifs is 1. The van der Waals surface area contributed by atoms with E-state index < -0.39 is 0 Å². The molecular formula is C15H13NO2. The first kappa shape index (κ1) is 10.7. The van der Waals surface area contributed by atoms with Crippen LogP contribution in [0.3, 0.4) is 0 Å². The van der Waals surface area contributed by atoms with Crippen molar-refractivity contribution in [3.63, 3.8) is 0 Å². The van der Waals surface area contributed by atoms with E-state index in [2.05, 4.69) is 0 Å². The summed E-state index contributed by atoms with van der Waals surface area (Å²) in [6, 6.07) is 15.3. The van der Waals surface area contributed by atoms with Crippen molar-refractivity contribution in [3.05, 3.63) is 60.4 Å². The third kappa shape index (κ3) is 1.91. The van der Waals surface area contributed by atoms with Crippen LogP contribution in [-0.2, 0) is 6.61 Å². The summed E-state index contributed by atoms with van der Waals surface area (Å²) in [7, 11) is 0. The van der Waals surface area contributed by atoms with Crippen LogP contribution in [0.25, 0.3) is 11.0 Å². The van der Waals surface area contributed by atoms with Gasteiger partial charge in [0.2, 0.25) is 0 Å². The highest BCUT2D eigenvalue weighted by molar-refractivity contribution is 5.92. The molecule has 0 atom stereocenters. The lowest BCUT2D eigenvalue weighted by molar-refractivity contribution is 0.306. The van der Waals surface area contributed by atoms with Crippen molar-refractivity contribution in [2.24, 2.45) is 0 Å². The smallest absolute Gasteiger partial charge is 0.136 e. The predicted molar refractivity (Wildman–Crippen MR) is 71.4 cm³/mol. The maximum atomic E-state index is 5.95. The number of nitrogen functional groups attached to an aromatic ring is 1. The van der Waals surface area contributed by atoms with Crippen LogP contribution >= 0.6 is 0 Å². The number of hydrogen-bond acceptors (Lipinski definition) is 3. The molecule has 0 saturated carbocycles. The number of benzene rings is 2. The Kier molecular flexibility index (Phi) is 2.65. The van der Waals surface area contributed by atoms with Gasteiger partial charge in [-0.2, -0.15) is 0 Å². The summed E-state index contributed by atoms with van der Waals surface area (Å²) in [6.07, 6.45) is 1.70. The average Bonchev–Trinajstić information content (AvgIpc) is 2.82. The number of furan rings is 1. The van der Waals surface area contributed by atoms with Crippen molar-refractivity contribution in [2.45, 2.75) is 6.61 Å². The average molecular weight is 239 g/mol. The Morgan fingerprint density at radius 2 is 1.83 bits per heavy atom. The second-order valence-corrected chi connectivity index (χ2v) is 4.08. The third-order valence-corrected chi connectivity index (χ3v) is 2.85. The van der Waals surface area contributed by atoms with Gasteiger partial charge in [-0.25, -0.2) is 0 Å². The minimum Gasteiger partial charge on any atom is -0.489 e. The van der Waals surface area contributed by atoms with E-state index in [1.807, 2.05) is 48.5 Å². The van der Waals surface area contributed by atoms with Gasteiger partial charge in [0.05, 0.1) is 6.26 Å². The van der Waals surface area contributed by atoms with Gasteiger partial charge in [-0.15, -0.1) is 0 Å². The molecule has 3 nitrogen and oxygen atoms in total. The molecular weight excluding hydrogens is 226 g/mol. The van der Waals surface area contributed by atoms with Gasteiger partial charge >= 0.3 is 0 Å². The van der Waals surface area contributed by atoms with Crippen LogP contribution in [0.15, 0.2) is 59.2 Å². The monoisotopic (exact) mass is 239 g/mol. The molecule has 0 fully saturated rings. The van der Waals surface area contributed by atoms with Gasteiger partial charge in [-0.1, -0.05) is 24.3 Å². The number of para-hydroxylation sites is 1. The van der Waals surface area contributed by atoms with E-state index in [4.69, 9.17) is 14.9 Å². The molecule has 3 rings (SSSR count). The van der Waals surface area contributed by atoms with E-state index in [1.165, 1.54) is 0 Å². The van der Waals surface area contributed by atoms with E-state index in [-0.39, 0.29) is 0 Å². The van der Waals surface area contributed by atoms with E-state index >= 15 is 0 Å². The summed E-state index contributed by atoms with van der Waals surface area (Å²) in [5.74, 6) is 0.835. The summed E-state index contributed by atoms with van der Waals surface area (Å²) in [5, 5.41) is 0.938. The third-order valence-electron chi connectivity index (χ3n) is 2.85. The van der Waals surface area contributed by atoms with Gasteiger partial charge in [0.15, 0.2) is 0 Å². The Bertz CT molecular complexity index is 659. The van der Waals surface area contributed by atoms with E-state index in [9.17, 15) is 0 Å². The molecule has 0 unspecified atom stereocenters. The van der Waals surface area contributed by atoms with Crippen molar-refractivity contribution in [1.29, 1.82) is 0 Å². The molecule has 3 heteroatoms. The highest BCUT2D eigenvalue weighted by Gasteiger charge is 2.09. The van der Waals surface area contributed by atoms with Gasteiger partial charge < -0.3 is 14.9 Å². The first-order valence-corrected chi connectivity index (χ1v) is 5.77. The molecule has 1 heterocycles. The second-order valence-electron chi connectivity index (χ2n) is 4.08. The predicted octanol–water partition coefficient (Wildman–Crippen LogP) is 3.59. The fourth-order valence-corrected chi connectivity index (χ4v) is 1.97. The standard InChI is InChI=1S/C15H13NO2/c16-13-7-4-8-14-15(13)11(10-18-14)9-17-12-5-2-1-3-6-12/h1-8,10H,9,16H2. The molecule has 1 aromatic heterocycles. The molecule has 0 bridgehead atoms. The first-order chi connectivity index (χ1) is 8.84. The fourth-order valence-electron chi connectivity index (χ4n) is 1.97. The Balaban J connectivity index is 1.87. The lowest BCUT2D eigenvalue weighted by Gasteiger charge is -2.05. The fraction of sp³-hybridized carbons (Fsp3) is 0.0667. The zero-order valence-electron chi connectivity index (χ0n) is 9.80. The number of anilines is 1. The normalized spacial score (nSPS) is 10.7. The minimum atomic E-state index is 0.450. The van der Waals surface area contributed by atoms with Crippen LogP contribution in [0.2, 0.25) is 0 Å². The molecule has 0 aliphatic heterocycles. The quantitative estimate of drug-likeness (QED) is 0.710. The van der Waals surface area contributed by atoms with E-state index in [0.717, 1.165) is 22.3 Å². The summed E-state index contributed by atoms with van der Waals surface area (Å²) < 4.78 is 11.2. The summed E-state index contributed by atoms with van der Waals surface area (Å²) in [5.41, 5.74) is 8.43. The summed E-state index contributed by atoms with van der Waals surface area (Å²) in [6.45, 7) is 0.450. The van der Waals surface area contributed by atoms with Crippen molar-refractivity contribution in [1.82, 2.24) is 0 Å². The molecule has 0 saturated heterocycles. The zero-order valence-corrected chi connectivity index (χ0v) is 9.80. The molecule has 18 heavy (non-hydrogen) atoms. The van der Waals surface area contributed by atoms with Gasteiger partial charge in [0.25, 0.3) is 0 Å². The zero-order chi connectivity index (χ0) is 12.4. The van der Waals surface area contributed by atoms with Crippen LogP contribution in [-0.4, -0.2) is 0 Å². The maximum absolute atomic E-state index is 5.95. The van der Waals surface area contributed by atoms with Crippen LogP contribution in [0, 0.1) is 0 Å². The highest BCUT2D eigenvalue weighted by Crippen LogP contribution is 2.27. The van der Waals surface area contributed by atoms with Gasteiger partial charge in [-0.05, 0) is 24.3 Å². The van der Waals surface area contributed by atoms with Crippen molar-refractivity contribution in [3.8, 4) is 5.75 Å². The molecule has 0 aliphatic carbocycles. The Labute approximate surface area is 105 Å². The number of nitrogens with two attached hydrogens (primary N) is 1. The Morgan fingerprint density at radius 3 is 2.67 bits per heavy atom. The molecule has 2 N–H and O–H groups in total. The topological polar surface area (TPSA) is 48.4 Å². The van der Waals surface area contributed by atoms with Crippen LogP contribution in [0.5, 0.6) is 5.75 Å². The molecule has 90 valence electrons. The van der Waals surface area contributed by atoms with Gasteiger partial charge in [-0.3, -0.25) is 0 Å². The van der Waals surface area contributed by atoms with Crippen molar-refractivity contribution >= 4 is 16.7 Å². The molecule has 0 spiro atoms. The lowest BCUT2D eigenvalue weighted by Crippen LogP contribution is -1.95. The number of hydrogen-bond donors (Lipinski definition) is 1. The first-order valence-electron chi connectivity index (χ1n) is 5.77. The minimum absolute atomic E-state index is 0.450. The van der Waals surface area contributed by atoms with Gasteiger partial charge in [0, 0.05) is 16.6 Å². The van der Waals surface area contributed by atoms with E-state index in [0.29, 0.717) is 12.3 Å². The van der Waals surface area contributed by atoms with Crippen molar-refractivity contribution in [2.75, 3.05) is 5.73 Å². The second kappa shape index (κ2) is 4.45. The largest absolute Gasteiger partial charge is 0.489 e. The Hall–Kier alpha value is -2.42. The lowest BCUT2D eigenvalue weighted by atomic mass is 10.1. The molecule has 0 radical (unpaired) electrons. The Morgan fingerprint density at radius 1 is 1.00 bits per heavy atom.